The van der Waals surface area contributed by atoms with E-state index in [0.717, 1.165) is 47.7 Å². The third-order valence-corrected chi connectivity index (χ3v) is 6.36. The summed E-state index contributed by atoms with van der Waals surface area (Å²) in [5.74, 6) is 5.15. The van der Waals surface area contributed by atoms with E-state index in [0.29, 0.717) is 34.9 Å². The molecule has 0 bridgehead atoms. The fraction of sp³-hybridized carbons (Fsp3) is 0.417. The van der Waals surface area contributed by atoms with Gasteiger partial charge in [-0.1, -0.05) is 0 Å². The number of benzene rings is 1. The van der Waals surface area contributed by atoms with Crippen LogP contribution < -0.4 is 19.5 Å². The van der Waals surface area contributed by atoms with Gasteiger partial charge in [0.1, 0.15) is 23.8 Å². The van der Waals surface area contributed by atoms with Crippen LogP contribution in [0.1, 0.15) is 37.4 Å². The van der Waals surface area contributed by atoms with Gasteiger partial charge in [0.25, 0.3) is 0 Å². The van der Waals surface area contributed by atoms with Crippen LogP contribution in [0.25, 0.3) is 16.7 Å². The predicted octanol–water partition coefficient (Wildman–Crippen LogP) is 4.07. The Kier molecular flexibility index (Phi) is 5.00. The molecule has 1 aromatic carbocycles. The minimum absolute atomic E-state index is 0.436. The molecule has 176 valence electrons. The molecule has 3 aromatic heterocycles. The zero-order valence-electron chi connectivity index (χ0n) is 19.5. The molecular formula is C24H27N7O3. The Morgan fingerprint density at radius 2 is 1.76 bits per heavy atom. The molecule has 10 nitrogen and oxygen atoms in total. The minimum atomic E-state index is 0.436. The molecule has 3 heterocycles. The van der Waals surface area contributed by atoms with Crippen LogP contribution in [-0.4, -0.2) is 50.6 Å². The first-order valence-corrected chi connectivity index (χ1v) is 11.5. The quantitative estimate of drug-likeness (QED) is 0.398. The highest BCUT2D eigenvalue weighted by Crippen LogP contribution is 2.41. The molecule has 0 saturated heterocycles. The van der Waals surface area contributed by atoms with E-state index in [-0.39, 0.29) is 0 Å². The number of ether oxygens (including phenoxy) is 3. The van der Waals surface area contributed by atoms with Gasteiger partial charge in [-0.2, -0.15) is 5.10 Å². The number of anilines is 2. The standard InChI is InChI=1S/C24H27N7O3/c1-32-18-8-16(9-19(33-2)21(18)34-3)30-12-20(25-13-30)27-23-17-10-26-31(11-14-4-5-14)24(17)29-22(28-23)15-6-7-15/h8-10,12-15H,4-7,11H2,1-3H3,(H,27,28,29). The largest absolute Gasteiger partial charge is 0.493 e. The summed E-state index contributed by atoms with van der Waals surface area (Å²) in [4.78, 5) is 14.3. The van der Waals surface area contributed by atoms with Crippen molar-refractivity contribution in [3.05, 3.63) is 36.7 Å². The number of hydrogen-bond donors (Lipinski definition) is 1. The van der Waals surface area contributed by atoms with Gasteiger partial charge < -0.3 is 24.1 Å². The van der Waals surface area contributed by atoms with Gasteiger partial charge in [-0.05, 0) is 31.6 Å². The normalized spacial score (nSPS) is 15.5. The van der Waals surface area contributed by atoms with E-state index in [2.05, 4.69) is 15.4 Å². The SMILES string of the molecule is COc1cc(-n2cnc(Nc3nc(C4CC4)nc4c3cnn4CC3CC3)c2)cc(OC)c1OC. The van der Waals surface area contributed by atoms with E-state index in [4.69, 9.17) is 24.2 Å². The molecule has 0 amide bonds. The maximum atomic E-state index is 5.49. The minimum Gasteiger partial charge on any atom is -0.493 e. The Bertz CT molecular complexity index is 1330. The van der Waals surface area contributed by atoms with Gasteiger partial charge in [0, 0.05) is 24.6 Å². The fourth-order valence-corrected chi connectivity index (χ4v) is 4.14. The second-order valence-electron chi connectivity index (χ2n) is 8.89. The molecule has 0 aliphatic heterocycles. The molecular weight excluding hydrogens is 434 g/mol. The smallest absolute Gasteiger partial charge is 0.203 e. The van der Waals surface area contributed by atoms with E-state index >= 15 is 0 Å². The van der Waals surface area contributed by atoms with Crippen molar-refractivity contribution in [2.24, 2.45) is 5.92 Å². The van der Waals surface area contributed by atoms with Crippen LogP contribution in [0, 0.1) is 5.92 Å². The summed E-state index contributed by atoms with van der Waals surface area (Å²) in [5.41, 5.74) is 1.73. The Hall–Kier alpha value is -3.82. The van der Waals surface area contributed by atoms with Crippen LogP contribution in [-0.2, 0) is 6.54 Å². The highest BCUT2D eigenvalue weighted by Gasteiger charge is 2.29. The first-order valence-electron chi connectivity index (χ1n) is 11.5. The molecule has 0 atom stereocenters. The van der Waals surface area contributed by atoms with Gasteiger partial charge in [0.2, 0.25) is 5.75 Å². The summed E-state index contributed by atoms with van der Waals surface area (Å²) in [7, 11) is 4.79. The van der Waals surface area contributed by atoms with Crippen LogP contribution in [0.5, 0.6) is 17.2 Å². The summed E-state index contributed by atoms with van der Waals surface area (Å²) in [6.07, 6.45) is 10.3. The number of rotatable bonds is 9. The molecule has 0 unspecified atom stereocenters. The average molecular weight is 462 g/mol. The second kappa shape index (κ2) is 8.19. The highest BCUT2D eigenvalue weighted by molar-refractivity contribution is 5.88. The first-order chi connectivity index (χ1) is 16.7. The third kappa shape index (κ3) is 3.78. The third-order valence-electron chi connectivity index (χ3n) is 6.36. The van der Waals surface area contributed by atoms with Gasteiger partial charge in [0.05, 0.1) is 44.8 Å². The van der Waals surface area contributed by atoms with E-state index in [1.54, 1.807) is 27.7 Å². The Balaban J connectivity index is 1.34. The lowest BCUT2D eigenvalue weighted by Crippen LogP contribution is -2.06. The Morgan fingerprint density at radius 1 is 1.00 bits per heavy atom. The number of imidazole rings is 1. The molecule has 34 heavy (non-hydrogen) atoms. The summed E-state index contributed by atoms with van der Waals surface area (Å²) in [6.45, 7) is 0.916. The maximum absolute atomic E-state index is 5.49. The number of nitrogens with one attached hydrogen (secondary N) is 1. The molecule has 6 rings (SSSR count). The topological polar surface area (TPSA) is 101 Å². The van der Waals surface area contributed by atoms with Crippen LogP contribution in [0.4, 0.5) is 11.6 Å². The molecule has 10 heteroatoms. The van der Waals surface area contributed by atoms with Crippen molar-refractivity contribution in [1.29, 1.82) is 0 Å². The molecule has 2 fully saturated rings. The van der Waals surface area contributed by atoms with Crippen LogP contribution in [0.15, 0.2) is 30.9 Å². The average Bonchev–Trinajstić information content (AvgIpc) is 3.78. The number of methoxy groups -OCH3 is 3. The van der Waals surface area contributed by atoms with Crippen molar-refractivity contribution < 1.29 is 14.2 Å². The molecule has 2 aliphatic rings. The van der Waals surface area contributed by atoms with Gasteiger partial charge in [-0.25, -0.2) is 19.6 Å². The molecule has 4 aromatic rings. The van der Waals surface area contributed by atoms with Crippen LogP contribution in [0.2, 0.25) is 0 Å². The number of fused-ring (bicyclic) bond motifs is 1. The van der Waals surface area contributed by atoms with Crippen molar-refractivity contribution in [3.8, 4) is 22.9 Å². The van der Waals surface area contributed by atoms with Gasteiger partial charge in [0.15, 0.2) is 17.1 Å². The lowest BCUT2D eigenvalue weighted by atomic mass is 10.2. The van der Waals surface area contributed by atoms with E-state index in [9.17, 15) is 0 Å². The Morgan fingerprint density at radius 3 is 2.41 bits per heavy atom. The summed E-state index contributed by atoms with van der Waals surface area (Å²) >= 11 is 0. The monoisotopic (exact) mass is 461 g/mol. The number of aromatic nitrogens is 6. The summed E-state index contributed by atoms with van der Waals surface area (Å²) < 4.78 is 20.3. The van der Waals surface area contributed by atoms with Crippen molar-refractivity contribution in [2.75, 3.05) is 26.6 Å². The predicted molar refractivity (Wildman–Crippen MR) is 127 cm³/mol. The lowest BCUT2D eigenvalue weighted by Gasteiger charge is -2.14. The fourth-order valence-electron chi connectivity index (χ4n) is 4.14. The number of nitrogens with zero attached hydrogens (tertiary/aromatic N) is 6. The zero-order chi connectivity index (χ0) is 23.2. The van der Waals surface area contributed by atoms with Crippen LogP contribution in [0.3, 0.4) is 0 Å². The van der Waals surface area contributed by atoms with E-state index < -0.39 is 0 Å². The number of hydrogen-bond acceptors (Lipinski definition) is 8. The van der Waals surface area contributed by atoms with Crippen molar-refractivity contribution in [3.63, 3.8) is 0 Å². The first kappa shape index (κ1) is 20.8. The van der Waals surface area contributed by atoms with E-state index in [1.807, 2.05) is 33.8 Å². The van der Waals surface area contributed by atoms with Crippen molar-refractivity contribution >= 4 is 22.7 Å². The summed E-state index contributed by atoms with van der Waals surface area (Å²) in [5, 5.41) is 8.92. The second-order valence-corrected chi connectivity index (χ2v) is 8.89. The molecule has 0 radical (unpaired) electrons. The van der Waals surface area contributed by atoms with E-state index in [1.165, 1.54) is 12.8 Å². The molecule has 1 N–H and O–H groups in total. The zero-order valence-corrected chi connectivity index (χ0v) is 19.5. The van der Waals surface area contributed by atoms with Gasteiger partial charge in [-0.3, -0.25) is 0 Å². The van der Waals surface area contributed by atoms with Gasteiger partial charge in [-0.15, -0.1) is 0 Å². The molecule has 2 aliphatic carbocycles. The molecule has 0 spiro atoms. The van der Waals surface area contributed by atoms with Crippen molar-refractivity contribution in [2.45, 2.75) is 38.1 Å². The van der Waals surface area contributed by atoms with Gasteiger partial charge >= 0.3 is 0 Å². The summed E-state index contributed by atoms with van der Waals surface area (Å²) in [6, 6.07) is 3.76. The lowest BCUT2D eigenvalue weighted by molar-refractivity contribution is 0.324. The molecule has 2 saturated carbocycles. The Labute approximate surface area is 196 Å². The maximum Gasteiger partial charge on any atom is 0.203 e. The highest BCUT2D eigenvalue weighted by atomic mass is 16.5. The van der Waals surface area contributed by atoms with Crippen LogP contribution >= 0.6 is 0 Å². The van der Waals surface area contributed by atoms with Crippen molar-refractivity contribution in [1.82, 2.24) is 29.3 Å².